The second kappa shape index (κ2) is 7.85. The number of methoxy groups -OCH3 is 1. The minimum atomic E-state index is -0.578. The Bertz CT molecular complexity index is 981. The molecule has 0 aliphatic carbocycles. The first-order valence-corrected chi connectivity index (χ1v) is 9.25. The molecule has 142 valence electrons. The first kappa shape index (κ1) is 19.0. The summed E-state index contributed by atoms with van der Waals surface area (Å²) < 4.78 is 6.72. The summed E-state index contributed by atoms with van der Waals surface area (Å²) in [4.78, 5) is 31.8. The number of hydrogen-bond donors (Lipinski definition) is 1. The minimum absolute atomic E-state index is 0.181. The fraction of sp³-hybridized carbons (Fsp3) is 0.333. The molecule has 0 saturated heterocycles. The number of nitrogens with two attached hydrogens (primary N) is 1. The minimum Gasteiger partial charge on any atom is -0.383 e. The largest absolute Gasteiger partial charge is 0.383 e. The molecule has 0 spiro atoms. The molecule has 0 aliphatic rings. The number of pyridine rings is 1. The van der Waals surface area contributed by atoms with Crippen LogP contribution in [0.15, 0.2) is 23.6 Å². The molecule has 0 bridgehead atoms. The second-order valence-corrected chi connectivity index (χ2v) is 7.07. The van der Waals surface area contributed by atoms with Crippen molar-refractivity contribution < 1.29 is 14.3 Å². The molecule has 0 radical (unpaired) electrons. The summed E-state index contributed by atoms with van der Waals surface area (Å²) in [6, 6.07) is 5.63. The third-order valence-electron chi connectivity index (χ3n) is 4.17. The van der Waals surface area contributed by atoms with Gasteiger partial charge in [-0.1, -0.05) is 6.07 Å². The van der Waals surface area contributed by atoms with Gasteiger partial charge in [-0.25, -0.2) is 4.98 Å². The van der Waals surface area contributed by atoms with Crippen LogP contribution in [-0.4, -0.2) is 58.3 Å². The van der Waals surface area contributed by atoms with E-state index in [1.807, 2.05) is 24.4 Å². The molecule has 0 saturated carbocycles. The highest BCUT2D eigenvalue weighted by atomic mass is 32.1. The number of fused-ring (bicyclic) bond motifs is 1. The third kappa shape index (κ3) is 3.83. The first-order chi connectivity index (χ1) is 12.9. The van der Waals surface area contributed by atoms with E-state index in [9.17, 15) is 9.59 Å². The fourth-order valence-corrected chi connectivity index (χ4v) is 3.66. The quantitative estimate of drug-likeness (QED) is 0.663. The van der Waals surface area contributed by atoms with Gasteiger partial charge in [-0.3, -0.25) is 14.3 Å². The third-order valence-corrected chi connectivity index (χ3v) is 5.06. The molecule has 9 heteroatoms. The maximum Gasteiger partial charge on any atom is 0.255 e. The lowest BCUT2D eigenvalue weighted by Gasteiger charge is -2.21. The van der Waals surface area contributed by atoms with Crippen LogP contribution in [0.3, 0.4) is 0 Å². The molecule has 0 aliphatic heterocycles. The van der Waals surface area contributed by atoms with Crippen molar-refractivity contribution in [2.24, 2.45) is 12.8 Å². The van der Waals surface area contributed by atoms with Gasteiger partial charge in [-0.05, 0) is 24.4 Å². The van der Waals surface area contributed by atoms with Crippen molar-refractivity contribution in [1.82, 2.24) is 19.7 Å². The highest BCUT2D eigenvalue weighted by molar-refractivity contribution is 7.13. The zero-order chi connectivity index (χ0) is 19.6. The van der Waals surface area contributed by atoms with Gasteiger partial charge in [0, 0.05) is 20.7 Å². The molecule has 2 N–H and O–H groups in total. The average Bonchev–Trinajstić information content (AvgIpc) is 3.26. The van der Waals surface area contributed by atoms with Gasteiger partial charge in [0.15, 0.2) is 5.65 Å². The summed E-state index contributed by atoms with van der Waals surface area (Å²) in [5, 5.41) is 7.04. The maximum absolute atomic E-state index is 13.3. The summed E-state index contributed by atoms with van der Waals surface area (Å²) in [7, 11) is 3.33. The van der Waals surface area contributed by atoms with Crippen LogP contribution in [0.2, 0.25) is 0 Å². The van der Waals surface area contributed by atoms with Gasteiger partial charge in [-0.2, -0.15) is 5.10 Å². The number of thiophene rings is 1. The second-order valence-electron chi connectivity index (χ2n) is 6.13. The van der Waals surface area contributed by atoms with E-state index in [-0.39, 0.29) is 19.0 Å². The Morgan fingerprint density at radius 2 is 2.19 bits per heavy atom. The molecule has 0 atom stereocenters. The monoisotopic (exact) mass is 387 g/mol. The molecule has 0 fully saturated rings. The van der Waals surface area contributed by atoms with Crippen LogP contribution in [-0.2, 0) is 16.6 Å². The number of amides is 2. The standard InChI is InChI=1S/C18H21N5O3S/c1-11-16-12(18(25)23(6-7-26-3)10-15(19)24)9-13(14-5-4-8-27-14)20-17(16)22(2)21-11/h4-5,8-9H,6-7,10H2,1-3H3,(H2,19,24). The Morgan fingerprint density at radius 3 is 2.81 bits per heavy atom. The van der Waals surface area contributed by atoms with Gasteiger partial charge in [-0.15, -0.1) is 11.3 Å². The van der Waals surface area contributed by atoms with Crippen LogP contribution in [0.4, 0.5) is 0 Å². The van der Waals surface area contributed by atoms with E-state index >= 15 is 0 Å². The topological polar surface area (TPSA) is 103 Å². The van der Waals surface area contributed by atoms with Crippen molar-refractivity contribution in [3.05, 3.63) is 34.8 Å². The number of nitrogens with zero attached hydrogens (tertiary/aromatic N) is 4. The number of carbonyl (C=O) groups is 2. The van der Waals surface area contributed by atoms with E-state index in [0.717, 1.165) is 4.88 Å². The lowest BCUT2D eigenvalue weighted by molar-refractivity contribution is -0.118. The first-order valence-electron chi connectivity index (χ1n) is 8.37. The summed E-state index contributed by atoms with van der Waals surface area (Å²) in [6.07, 6.45) is 0. The van der Waals surface area contributed by atoms with Gasteiger partial charge < -0.3 is 15.4 Å². The van der Waals surface area contributed by atoms with Crippen molar-refractivity contribution in [2.45, 2.75) is 6.92 Å². The lowest BCUT2D eigenvalue weighted by Crippen LogP contribution is -2.40. The van der Waals surface area contributed by atoms with Crippen LogP contribution in [0.1, 0.15) is 16.1 Å². The van der Waals surface area contributed by atoms with Gasteiger partial charge >= 0.3 is 0 Å². The highest BCUT2D eigenvalue weighted by Crippen LogP contribution is 2.29. The number of aromatic nitrogens is 3. The van der Waals surface area contributed by atoms with Crippen LogP contribution < -0.4 is 5.73 Å². The Hall–Kier alpha value is -2.78. The molecule has 3 aromatic rings. The predicted octanol–water partition coefficient (Wildman–Crippen LogP) is 1.58. The molecule has 0 aromatic carbocycles. The molecule has 27 heavy (non-hydrogen) atoms. The van der Waals surface area contributed by atoms with E-state index in [4.69, 9.17) is 10.5 Å². The Morgan fingerprint density at radius 1 is 1.41 bits per heavy atom. The van der Waals surface area contributed by atoms with Crippen LogP contribution in [0, 0.1) is 6.92 Å². The predicted molar refractivity (Wildman–Crippen MR) is 104 cm³/mol. The van der Waals surface area contributed by atoms with Gasteiger partial charge in [0.2, 0.25) is 5.91 Å². The summed E-state index contributed by atoms with van der Waals surface area (Å²) in [6.45, 7) is 2.21. The van der Waals surface area contributed by atoms with Gasteiger partial charge in [0.05, 0.1) is 40.4 Å². The molecule has 3 rings (SSSR count). The molecular weight excluding hydrogens is 366 g/mol. The van der Waals surface area contributed by atoms with E-state index in [2.05, 4.69) is 10.1 Å². The molecular formula is C18H21N5O3S. The molecule has 0 unspecified atom stereocenters. The Balaban J connectivity index is 2.15. The van der Waals surface area contributed by atoms with Crippen LogP contribution >= 0.6 is 11.3 Å². The molecule has 3 heterocycles. The number of carbonyl (C=O) groups excluding carboxylic acids is 2. The van der Waals surface area contributed by atoms with Gasteiger partial charge in [0.25, 0.3) is 5.91 Å². The zero-order valence-electron chi connectivity index (χ0n) is 15.4. The average molecular weight is 387 g/mol. The summed E-state index contributed by atoms with van der Waals surface area (Å²) in [5.41, 5.74) is 7.79. The molecule has 3 aromatic heterocycles. The van der Waals surface area contributed by atoms with Crippen molar-refractivity contribution >= 4 is 34.2 Å². The van der Waals surface area contributed by atoms with Crippen LogP contribution in [0.25, 0.3) is 21.6 Å². The Kier molecular flexibility index (Phi) is 5.52. The number of hydrogen-bond acceptors (Lipinski definition) is 6. The van der Waals surface area contributed by atoms with Crippen molar-refractivity contribution in [2.75, 3.05) is 26.8 Å². The number of rotatable bonds is 7. The van der Waals surface area contributed by atoms with E-state index in [1.54, 1.807) is 17.8 Å². The number of primary amides is 1. The van der Waals surface area contributed by atoms with Crippen molar-refractivity contribution in [3.63, 3.8) is 0 Å². The highest BCUT2D eigenvalue weighted by Gasteiger charge is 2.24. The fourth-order valence-electron chi connectivity index (χ4n) is 2.98. The van der Waals surface area contributed by atoms with Gasteiger partial charge in [0.1, 0.15) is 0 Å². The van der Waals surface area contributed by atoms with E-state index < -0.39 is 5.91 Å². The van der Waals surface area contributed by atoms with E-state index in [1.165, 1.54) is 23.3 Å². The normalized spacial score (nSPS) is 11.1. The lowest BCUT2D eigenvalue weighted by atomic mass is 10.1. The van der Waals surface area contributed by atoms with Crippen LogP contribution in [0.5, 0.6) is 0 Å². The smallest absolute Gasteiger partial charge is 0.255 e. The molecule has 2 amide bonds. The summed E-state index contributed by atoms with van der Waals surface area (Å²) >= 11 is 1.54. The zero-order valence-corrected chi connectivity index (χ0v) is 16.2. The van der Waals surface area contributed by atoms with E-state index in [0.29, 0.717) is 34.6 Å². The number of aryl methyl sites for hydroxylation is 2. The maximum atomic E-state index is 13.3. The van der Waals surface area contributed by atoms with Crippen molar-refractivity contribution in [3.8, 4) is 10.6 Å². The molecule has 8 nitrogen and oxygen atoms in total. The van der Waals surface area contributed by atoms with Crippen molar-refractivity contribution in [1.29, 1.82) is 0 Å². The number of ether oxygens (including phenoxy) is 1. The Labute approximate surface area is 160 Å². The summed E-state index contributed by atoms with van der Waals surface area (Å²) in [5.74, 6) is -0.877. The SMILES string of the molecule is COCCN(CC(N)=O)C(=O)c1cc(-c2cccs2)nc2c1c(C)nn2C.